The van der Waals surface area contributed by atoms with E-state index in [4.69, 9.17) is 19.8 Å². The van der Waals surface area contributed by atoms with Crippen LogP contribution in [-0.2, 0) is 4.79 Å². The molecule has 0 aliphatic heterocycles. The highest BCUT2D eigenvalue weighted by atomic mass is 16.5. The van der Waals surface area contributed by atoms with E-state index in [1.807, 2.05) is 6.07 Å². The molecule has 0 aliphatic carbocycles. The van der Waals surface area contributed by atoms with Crippen LogP contribution in [0.2, 0.25) is 0 Å². The van der Waals surface area contributed by atoms with Crippen LogP contribution >= 0.6 is 0 Å². The fraction of sp³-hybridized carbons (Fsp3) is 0.385. The predicted octanol–water partition coefficient (Wildman–Crippen LogP) is 1.51. The zero-order valence-electron chi connectivity index (χ0n) is 10.9. The summed E-state index contributed by atoms with van der Waals surface area (Å²) in [7, 11) is 3.06. The standard InChI is InChI=1S/C13H16N2O4/c1-18-10-3-4-12(19-2)11(9-10)15(8-6-14)7-5-13(16)17/h3-4,9H,5,7-8H2,1-2H3,(H,16,17). The minimum Gasteiger partial charge on any atom is -0.497 e. The maximum atomic E-state index is 10.7. The van der Waals surface area contributed by atoms with Crippen LogP contribution in [0, 0.1) is 11.3 Å². The van der Waals surface area contributed by atoms with Gasteiger partial charge in [0.2, 0.25) is 0 Å². The van der Waals surface area contributed by atoms with Crippen molar-refractivity contribution in [2.24, 2.45) is 0 Å². The molecule has 0 atom stereocenters. The van der Waals surface area contributed by atoms with E-state index in [-0.39, 0.29) is 19.5 Å². The van der Waals surface area contributed by atoms with Gasteiger partial charge in [0.25, 0.3) is 0 Å². The normalized spacial score (nSPS) is 9.53. The molecule has 6 nitrogen and oxygen atoms in total. The van der Waals surface area contributed by atoms with E-state index in [9.17, 15) is 4.79 Å². The Morgan fingerprint density at radius 2 is 2.16 bits per heavy atom. The second-order valence-corrected chi connectivity index (χ2v) is 3.76. The maximum Gasteiger partial charge on any atom is 0.305 e. The quantitative estimate of drug-likeness (QED) is 0.751. The Morgan fingerprint density at radius 3 is 2.68 bits per heavy atom. The smallest absolute Gasteiger partial charge is 0.305 e. The molecule has 0 radical (unpaired) electrons. The van der Waals surface area contributed by atoms with Crippen molar-refractivity contribution in [1.29, 1.82) is 5.26 Å². The van der Waals surface area contributed by atoms with Gasteiger partial charge in [-0.1, -0.05) is 0 Å². The van der Waals surface area contributed by atoms with Gasteiger partial charge >= 0.3 is 5.97 Å². The number of hydrogen-bond donors (Lipinski definition) is 1. The predicted molar refractivity (Wildman–Crippen MR) is 69.6 cm³/mol. The molecule has 0 saturated heterocycles. The Morgan fingerprint density at radius 1 is 1.42 bits per heavy atom. The van der Waals surface area contributed by atoms with Gasteiger partial charge < -0.3 is 19.5 Å². The SMILES string of the molecule is COc1ccc(OC)c(N(CC#N)CCC(=O)O)c1. The molecule has 0 heterocycles. The van der Waals surface area contributed by atoms with E-state index in [2.05, 4.69) is 0 Å². The number of methoxy groups -OCH3 is 2. The molecule has 0 aliphatic rings. The van der Waals surface area contributed by atoms with E-state index < -0.39 is 5.97 Å². The van der Waals surface area contributed by atoms with E-state index in [0.717, 1.165) is 0 Å². The molecule has 1 aromatic carbocycles. The van der Waals surface area contributed by atoms with Crippen LogP contribution in [0.3, 0.4) is 0 Å². The molecular formula is C13H16N2O4. The van der Waals surface area contributed by atoms with E-state index in [0.29, 0.717) is 17.2 Å². The molecule has 0 bridgehead atoms. The first-order chi connectivity index (χ1) is 9.12. The molecule has 102 valence electrons. The van der Waals surface area contributed by atoms with Crippen molar-refractivity contribution in [2.75, 3.05) is 32.2 Å². The molecule has 0 aromatic heterocycles. The summed E-state index contributed by atoms with van der Waals surface area (Å²) in [5.74, 6) is 0.278. The van der Waals surface area contributed by atoms with Crippen LogP contribution in [0.5, 0.6) is 11.5 Å². The average molecular weight is 264 g/mol. The zero-order chi connectivity index (χ0) is 14.3. The largest absolute Gasteiger partial charge is 0.497 e. The fourth-order valence-electron chi connectivity index (χ4n) is 1.64. The Hall–Kier alpha value is -2.42. The van der Waals surface area contributed by atoms with Crippen molar-refractivity contribution in [3.05, 3.63) is 18.2 Å². The molecule has 19 heavy (non-hydrogen) atoms. The lowest BCUT2D eigenvalue weighted by atomic mass is 10.2. The third-order valence-corrected chi connectivity index (χ3v) is 2.58. The minimum atomic E-state index is -0.912. The number of ether oxygens (including phenoxy) is 2. The molecule has 0 amide bonds. The Balaban J connectivity index is 3.05. The number of benzene rings is 1. The van der Waals surface area contributed by atoms with E-state index >= 15 is 0 Å². The van der Waals surface area contributed by atoms with E-state index in [1.54, 1.807) is 23.1 Å². The number of rotatable bonds is 7. The molecule has 1 aromatic rings. The number of carbonyl (C=O) groups is 1. The first-order valence-corrected chi connectivity index (χ1v) is 5.68. The summed E-state index contributed by atoms with van der Waals surface area (Å²) in [6.07, 6.45) is -0.0535. The topological polar surface area (TPSA) is 82.8 Å². The van der Waals surface area contributed by atoms with Crippen molar-refractivity contribution in [3.63, 3.8) is 0 Å². The molecule has 1 rings (SSSR count). The Bertz CT molecular complexity index is 482. The van der Waals surface area contributed by atoms with Gasteiger partial charge in [-0.15, -0.1) is 0 Å². The highest BCUT2D eigenvalue weighted by Gasteiger charge is 2.14. The summed E-state index contributed by atoms with van der Waals surface area (Å²) in [5, 5.41) is 17.6. The van der Waals surface area contributed by atoms with Gasteiger partial charge in [-0.25, -0.2) is 0 Å². The summed E-state index contributed by atoms with van der Waals surface area (Å²) in [6, 6.07) is 7.20. The number of carboxylic acids is 1. The monoisotopic (exact) mass is 264 g/mol. The lowest BCUT2D eigenvalue weighted by molar-refractivity contribution is -0.136. The van der Waals surface area contributed by atoms with Gasteiger partial charge in [0, 0.05) is 12.6 Å². The van der Waals surface area contributed by atoms with Crippen LogP contribution in [0.15, 0.2) is 18.2 Å². The van der Waals surface area contributed by atoms with Crippen molar-refractivity contribution in [1.82, 2.24) is 0 Å². The number of hydrogen-bond acceptors (Lipinski definition) is 5. The minimum absolute atomic E-state index is 0.0535. The highest BCUT2D eigenvalue weighted by molar-refractivity contribution is 5.69. The summed E-state index contributed by atoms with van der Waals surface area (Å²) in [5.41, 5.74) is 0.643. The molecular weight excluding hydrogens is 248 g/mol. The van der Waals surface area contributed by atoms with Crippen molar-refractivity contribution >= 4 is 11.7 Å². The number of anilines is 1. The first kappa shape index (κ1) is 14.6. The van der Waals surface area contributed by atoms with Gasteiger partial charge in [-0.05, 0) is 12.1 Å². The molecule has 0 spiro atoms. The van der Waals surface area contributed by atoms with Crippen LogP contribution in [0.4, 0.5) is 5.69 Å². The summed E-state index contributed by atoms with van der Waals surface area (Å²) in [4.78, 5) is 12.3. The maximum absolute atomic E-state index is 10.7. The number of aliphatic carboxylic acids is 1. The fourth-order valence-corrected chi connectivity index (χ4v) is 1.64. The first-order valence-electron chi connectivity index (χ1n) is 5.68. The van der Waals surface area contributed by atoms with Crippen molar-refractivity contribution < 1.29 is 19.4 Å². The lowest BCUT2D eigenvalue weighted by Gasteiger charge is -2.23. The van der Waals surface area contributed by atoms with Crippen LogP contribution in [-0.4, -0.2) is 38.4 Å². The molecule has 0 saturated carbocycles. The summed E-state index contributed by atoms with van der Waals surface area (Å²) < 4.78 is 10.4. The van der Waals surface area contributed by atoms with Gasteiger partial charge in [0.1, 0.15) is 18.0 Å². The average Bonchev–Trinajstić information content (AvgIpc) is 2.42. The zero-order valence-corrected chi connectivity index (χ0v) is 10.9. The second-order valence-electron chi connectivity index (χ2n) is 3.76. The lowest BCUT2D eigenvalue weighted by Crippen LogP contribution is -2.27. The van der Waals surface area contributed by atoms with Gasteiger partial charge in [0.15, 0.2) is 0 Å². The number of carboxylic acid groups (broad SMARTS) is 1. The number of nitrogens with zero attached hydrogens (tertiary/aromatic N) is 2. The van der Waals surface area contributed by atoms with Crippen LogP contribution in [0.25, 0.3) is 0 Å². The van der Waals surface area contributed by atoms with E-state index in [1.165, 1.54) is 14.2 Å². The second kappa shape index (κ2) is 7.11. The van der Waals surface area contributed by atoms with Gasteiger partial charge in [0.05, 0.1) is 32.4 Å². The number of nitriles is 1. The van der Waals surface area contributed by atoms with Crippen LogP contribution < -0.4 is 14.4 Å². The highest BCUT2D eigenvalue weighted by Crippen LogP contribution is 2.32. The van der Waals surface area contributed by atoms with Crippen molar-refractivity contribution in [3.8, 4) is 17.6 Å². The van der Waals surface area contributed by atoms with Crippen molar-refractivity contribution in [2.45, 2.75) is 6.42 Å². The third kappa shape index (κ3) is 4.07. The molecule has 6 heteroatoms. The molecule has 0 unspecified atom stereocenters. The van der Waals surface area contributed by atoms with Gasteiger partial charge in [-0.2, -0.15) is 5.26 Å². The third-order valence-electron chi connectivity index (χ3n) is 2.58. The molecule has 0 fully saturated rings. The molecule has 1 N–H and O–H groups in total. The Labute approximate surface area is 111 Å². The van der Waals surface area contributed by atoms with Crippen LogP contribution in [0.1, 0.15) is 6.42 Å². The summed E-state index contributed by atoms with van der Waals surface area (Å²) in [6.45, 7) is 0.309. The summed E-state index contributed by atoms with van der Waals surface area (Å²) >= 11 is 0. The Kier molecular flexibility index (Phi) is 5.48. The van der Waals surface area contributed by atoms with Gasteiger partial charge in [-0.3, -0.25) is 4.79 Å².